The van der Waals surface area contributed by atoms with E-state index in [2.05, 4.69) is 72.8 Å². The molecular weight excluding hydrogens is 352 g/mol. The van der Waals surface area contributed by atoms with Crippen LogP contribution < -0.4 is 0 Å². The molecule has 1 N–H and O–H groups in total. The Morgan fingerprint density at radius 3 is 1.59 bits per heavy atom. The highest BCUT2D eigenvalue weighted by Crippen LogP contribution is 2.93. The van der Waals surface area contributed by atoms with E-state index in [9.17, 15) is 5.11 Å². The van der Waals surface area contributed by atoms with Crippen LogP contribution in [0.25, 0.3) is 0 Å². The van der Waals surface area contributed by atoms with Crippen molar-refractivity contribution in [2.24, 2.45) is 11.3 Å². The van der Waals surface area contributed by atoms with Gasteiger partial charge in [-0.1, -0.05) is 72.8 Å². The molecule has 1 nitrogen and oxygen atoms in total. The summed E-state index contributed by atoms with van der Waals surface area (Å²) in [4.78, 5) is 0. The van der Waals surface area contributed by atoms with Crippen molar-refractivity contribution in [3.8, 4) is 5.75 Å². The zero-order valence-electron chi connectivity index (χ0n) is 16.6. The molecule has 2 bridgehead atoms. The Morgan fingerprint density at radius 1 is 0.586 bits per heavy atom. The van der Waals surface area contributed by atoms with E-state index in [0.29, 0.717) is 22.0 Å². The number of aromatic hydroxyl groups is 1. The number of hydrogen-bond donors (Lipinski definition) is 1. The van der Waals surface area contributed by atoms with Crippen LogP contribution in [0.1, 0.15) is 48.8 Å². The summed E-state index contributed by atoms with van der Waals surface area (Å²) in [6.45, 7) is 0. The summed E-state index contributed by atoms with van der Waals surface area (Å²) >= 11 is 0. The van der Waals surface area contributed by atoms with Crippen molar-refractivity contribution >= 4 is 0 Å². The Bertz CT molecular complexity index is 1040. The van der Waals surface area contributed by atoms with Crippen molar-refractivity contribution in [1.29, 1.82) is 0 Å². The Kier molecular flexibility index (Phi) is 2.78. The van der Waals surface area contributed by atoms with Gasteiger partial charge in [0, 0.05) is 10.8 Å². The summed E-state index contributed by atoms with van der Waals surface area (Å²) in [5.74, 6) is 1.24. The fourth-order valence-electron chi connectivity index (χ4n) is 9.01. The lowest BCUT2D eigenvalue weighted by Gasteiger charge is -2.79. The van der Waals surface area contributed by atoms with Gasteiger partial charge in [0.25, 0.3) is 0 Å². The lowest BCUT2D eigenvalue weighted by Crippen LogP contribution is -2.76. The minimum absolute atomic E-state index is 0.227. The maximum Gasteiger partial charge on any atom is 0.115 e. The third-order valence-corrected chi connectivity index (χ3v) is 9.62. The fraction of sp³-hybridized carbons (Fsp3) is 0.357. The highest BCUT2D eigenvalue weighted by Gasteiger charge is 2.89. The highest BCUT2D eigenvalue weighted by atomic mass is 16.3. The molecular formula is C28H26O. The monoisotopic (exact) mass is 378 g/mol. The minimum atomic E-state index is 0.227. The van der Waals surface area contributed by atoms with Gasteiger partial charge >= 0.3 is 0 Å². The van der Waals surface area contributed by atoms with Gasteiger partial charge in [-0.15, -0.1) is 0 Å². The molecule has 4 aliphatic rings. The third-order valence-electron chi connectivity index (χ3n) is 9.62. The van der Waals surface area contributed by atoms with Gasteiger partial charge in [-0.2, -0.15) is 0 Å². The number of rotatable bonds is 3. The SMILES string of the molecule is Oc1ccc(C23CC4(c5ccccc5)CC5CC(c6ccccc6)(C2)C54C3)cc1. The van der Waals surface area contributed by atoms with Crippen LogP contribution in [0.4, 0.5) is 0 Å². The molecule has 0 heterocycles. The van der Waals surface area contributed by atoms with Gasteiger partial charge in [-0.25, -0.2) is 0 Å². The predicted molar refractivity (Wildman–Crippen MR) is 115 cm³/mol. The van der Waals surface area contributed by atoms with Crippen molar-refractivity contribution in [3.63, 3.8) is 0 Å². The number of phenolic OH excluding ortho intramolecular Hbond substituents is 1. The maximum absolute atomic E-state index is 9.90. The first-order valence-corrected chi connectivity index (χ1v) is 11.0. The number of hydrogen-bond acceptors (Lipinski definition) is 1. The number of fused-ring (bicyclic) bond motifs is 1. The molecule has 0 amide bonds. The van der Waals surface area contributed by atoms with Gasteiger partial charge < -0.3 is 5.11 Å². The van der Waals surface area contributed by atoms with Crippen LogP contribution in [0, 0.1) is 11.3 Å². The molecule has 2 unspecified atom stereocenters. The van der Waals surface area contributed by atoms with Crippen molar-refractivity contribution < 1.29 is 5.11 Å². The molecule has 29 heavy (non-hydrogen) atoms. The Morgan fingerprint density at radius 2 is 1.10 bits per heavy atom. The van der Waals surface area contributed by atoms with Crippen LogP contribution in [-0.4, -0.2) is 5.11 Å². The van der Waals surface area contributed by atoms with E-state index in [1.165, 1.54) is 37.7 Å². The first-order valence-electron chi connectivity index (χ1n) is 11.0. The van der Waals surface area contributed by atoms with E-state index < -0.39 is 0 Å². The molecule has 0 saturated heterocycles. The van der Waals surface area contributed by atoms with E-state index in [1.54, 1.807) is 11.1 Å². The Hall–Kier alpha value is -2.54. The molecule has 4 saturated carbocycles. The largest absolute Gasteiger partial charge is 0.508 e. The molecule has 3 aromatic rings. The zero-order chi connectivity index (χ0) is 19.3. The summed E-state index contributed by atoms with van der Waals surface area (Å²) in [6, 6.07) is 31.0. The van der Waals surface area contributed by atoms with Gasteiger partial charge in [0.05, 0.1) is 0 Å². The predicted octanol–water partition coefficient (Wildman–Crippen LogP) is 6.11. The second-order valence-corrected chi connectivity index (χ2v) is 10.3. The molecule has 1 spiro atoms. The lowest BCUT2D eigenvalue weighted by molar-refractivity contribution is -0.221. The summed E-state index contributed by atoms with van der Waals surface area (Å²) < 4.78 is 0. The molecule has 4 fully saturated rings. The van der Waals surface area contributed by atoms with E-state index in [-0.39, 0.29) is 5.41 Å². The molecule has 3 aromatic carbocycles. The second kappa shape index (κ2) is 4.95. The maximum atomic E-state index is 9.90. The van der Waals surface area contributed by atoms with Crippen LogP contribution in [0.5, 0.6) is 5.75 Å². The summed E-state index contributed by atoms with van der Waals surface area (Å²) in [7, 11) is 0. The van der Waals surface area contributed by atoms with E-state index in [1.807, 2.05) is 12.1 Å². The zero-order valence-corrected chi connectivity index (χ0v) is 16.6. The molecule has 2 atom stereocenters. The van der Waals surface area contributed by atoms with Gasteiger partial charge in [-0.3, -0.25) is 0 Å². The van der Waals surface area contributed by atoms with Gasteiger partial charge in [-0.05, 0) is 77.7 Å². The Labute approximate surface area is 172 Å². The van der Waals surface area contributed by atoms with Crippen LogP contribution in [0.2, 0.25) is 0 Å². The molecule has 0 aliphatic heterocycles. The molecule has 144 valence electrons. The van der Waals surface area contributed by atoms with Gasteiger partial charge in [0.15, 0.2) is 0 Å². The molecule has 0 radical (unpaired) electrons. The summed E-state index contributed by atoms with van der Waals surface area (Å²) in [6.07, 6.45) is 6.54. The number of phenols is 1. The van der Waals surface area contributed by atoms with Gasteiger partial charge in [0.2, 0.25) is 0 Å². The normalized spacial score (nSPS) is 40.8. The van der Waals surface area contributed by atoms with E-state index in [4.69, 9.17) is 0 Å². The van der Waals surface area contributed by atoms with Crippen LogP contribution in [0.15, 0.2) is 84.9 Å². The van der Waals surface area contributed by atoms with Crippen LogP contribution in [0.3, 0.4) is 0 Å². The average molecular weight is 379 g/mol. The average Bonchev–Trinajstić information content (AvgIpc) is 3.20. The first kappa shape index (κ1) is 16.3. The Balaban J connectivity index is 1.47. The van der Waals surface area contributed by atoms with Crippen LogP contribution in [-0.2, 0) is 16.2 Å². The standard InChI is InChI=1S/C28H26O/c29-24-13-11-20(12-14-24)25-17-26(21-7-3-1-4-8-21)15-23-16-27(18-25,28(23,26)19-25)22-9-5-2-6-10-22/h1-14,23,29H,15-19H2. The third kappa shape index (κ3) is 1.60. The molecule has 4 aliphatic carbocycles. The second-order valence-electron chi connectivity index (χ2n) is 10.3. The van der Waals surface area contributed by atoms with Crippen molar-refractivity contribution in [3.05, 3.63) is 102 Å². The van der Waals surface area contributed by atoms with Crippen LogP contribution >= 0.6 is 0 Å². The topological polar surface area (TPSA) is 20.2 Å². The highest BCUT2D eigenvalue weighted by molar-refractivity contribution is 5.57. The smallest absolute Gasteiger partial charge is 0.115 e. The quantitative estimate of drug-likeness (QED) is 0.583. The summed E-state index contributed by atoms with van der Waals surface area (Å²) in [5.41, 5.74) is 5.82. The van der Waals surface area contributed by atoms with Crippen molar-refractivity contribution in [1.82, 2.24) is 0 Å². The van der Waals surface area contributed by atoms with Crippen molar-refractivity contribution in [2.45, 2.75) is 48.3 Å². The van der Waals surface area contributed by atoms with E-state index >= 15 is 0 Å². The molecule has 0 aromatic heterocycles. The minimum Gasteiger partial charge on any atom is -0.508 e. The first-order chi connectivity index (χ1) is 14.1. The summed E-state index contributed by atoms with van der Waals surface area (Å²) in [5, 5.41) is 9.90. The molecule has 1 heteroatoms. The molecule has 7 rings (SSSR count). The number of benzene rings is 3. The van der Waals surface area contributed by atoms with Crippen molar-refractivity contribution in [2.75, 3.05) is 0 Å². The fourth-order valence-corrected chi connectivity index (χ4v) is 9.01. The van der Waals surface area contributed by atoms with E-state index in [0.717, 1.165) is 5.92 Å². The van der Waals surface area contributed by atoms with Gasteiger partial charge in [0.1, 0.15) is 5.75 Å². The lowest BCUT2D eigenvalue weighted by atomic mass is 9.24.